The minimum Gasteiger partial charge on any atom is -0.493 e. The van der Waals surface area contributed by atoms with E-state index in [2.05, 4.69) is 48.2 Å². The van der Waals surface area contributed by atoms with Gasteiger partial charge in [0.05, 0.1) is 13.2 Å². The molecule has 0 unspecified atom stereocenters. The number of benzene rings is 1. The molecule has 158 valence electrons. The summed E-state index contributed by atoms with van der Waals surface area (Å²) in [5.74, 6) is 2.31. The van der Waals surface area contributed by atoms with E-state index in [0.717, 1.165) is 48.4 Å². The first-order valence-electron chi connectivity index (χ1n) is 9.75. The number of hydrogen-bond acceptors (Lipinski definition) is 6. The Morgan fingerprint density at radius 3 is 2.24 bits per heavy atom. The molecule has 2 aromatic rings. The van der Waals surface area contributed by atoms with Crippen molar-refractivity contribution in [2.24, 2.45) is 0 Å². The molecule has 0 bridgehead atoms. The number of piperidine rings is 1. The predicted molar refractivity (Wildman–Crippen MR) is 120 cm³/mol. The van der Waals surface area contributed by atoms with Crippen LogP contribution in [-0.4, -0.2) is 47.2 Å². The van der Waals surface area contributed by atoms with Gasteiger partial charge in [0.15, 0.2) is 0 Å². The molecule has 3 rings (SSSR count). The highest BCUT2D eigenvalue weighted by Crippen LogP contribution is 2.36. The number of anilines is 1. The monoisotopic (exact) mass is 502 g/mol. The third kappa shape index (κ3) is 6.35. The molecule has 9 heteroatoms. The van der Waals surface area contributed by atoms with Gasteiger partial charge in [-0.15, -0.1) is 0 Å². The van der Waals surface area contributed by atoms with Gasteiger partial charge >= 0.3 is 0 Å². The molecule has 1 aromatic heterocycles. The first-order chi connectivity index (χ1) is 14.0. The van der Waals surface area contributed by atoms with Crippen LogP contribution < -0.4 is 14.8 Å². The number of hydrogen-bond donors (Lipinski definition) is 1. The van der Waals surface area contributed by atoms with Crippen LogP contribution in [0.3, 0.4) is 0 Å². The van der Waals surface area contributed by atoms with E-state index in [-0.39, 0.29) is 5.28 Å². The van der Waals surface area contributed by atoms with Crippen molar-refractivity contribution in [2.45, 2.75) is 39.3 Å². The summed E-state index contributed by atoms with van der Waals surface area (Å²) in [6.07, 6.45) is 2.01. The highest BCUT2D eigenvalue weighted by molar-refractivity contribution is 9.10. The van der Waals surface area contributed by atoms with E-state index < -0.39 is 0 Å². The Morgan fingerprint density at radius 2 is 1.69 bits per heavy atom. The number of nitrogens with one attached hydrogen (secondary N) is 1. The summed E-state index contributed by atoms with van der Waals surface area (Å²) in [7, 11) is 0. The first kappa shape index (κ1) is 22.4. The molecule has 1 aliphatic heterocycles. The number of rotatable bonds is 8. The van der Waals surface area contributed by atoms with Gasteiger partial charge in [0.1, 0.15) is 26.9 Å². The van der Waals surface area contributed by atoms with Crippen LogP contribution in [0.15, 0.2) is 22.7 Å². The van der Waals surface area contributed by atoms with Crippen LogP contribution in [0.1, 0.15) is 32.3 Å². The summed E-state index contributed by atoms with van der Waals surface area (Å²) in [4.78, 5) is 10.5. The maximum absolute atomic E-state index is 5.96. The molecule has 1 N–H and O–H groups in total. The van der Waals surface area contributed by atoms with Gasteiger partial charge in [-0.25, -0.2) is 9.97 Å². The lowest BCUT2D eigenvalue weighted by Crippen LogP contribution is -2.38. The molecule has 0 atom stereocenters. The zero-order chi connectivity index (χ0) is 20.8. The van der Waals surface area contributed by atoms with E-state index in [9.17, 15) is 0 Å². The van der Waals surface area contributed by atoms with Crippen molar-refractivity contribution in [1.29, 1.82) is 0 Å². The second kappa shape index (κ2) is 10.7. The van der Waals surface area contributed by atoms with E-state index >= 15 is 0 Å². The summed E-state index contributed by atoms with van der Waals surface area (Å²) in [6.45, 7) is 8.00. The number of likely N-dealkylation sites (tertiary alicyclic amines) is 1. The Balaban J connectivity index is 1.60. The average molecular weight is 504 g/mol. The number of halogens is 3. The topological polar surface area (TPSA) is 59.5 Å². The lowest BCUT2D eigenvalue weighted by Gasteiger charge is -2.32. The van der Waals surface area contributed by atoms with Crippen molar-refractivity contribution in [2.75, 3.05) is 31.6 Å². The maximum Gasteiger partial charge on any atom is 0.225 e. The van der Waals surface area contributed by atoms with Crippen LogP contribution in [0.2, 0.25) is 10.4 Å². The van der Waals surface area contributed by atoms with Gasteiger partial charge < -0.3 is 14.8 Å². The SMILES string of the molecule is CCOc1cc(CN2CCC(Nc3cc(Cl)nc(Cl)n3)CC2)cc(OCC)c1Br. The Bertz CT molecular complexity index is 785. The summed E-state index contributed by atoms with van der Waals surface area (Å²) < 4.78 is 12.4. The summed E-state index contributed by atoms with van der Waals surface area (Å²) in [5, 5.41) is 3.91. The molecule has 29 heavy (non-hydrogen) atoms. The number of ether oxygens (including phenoxy) is 2. The molecule has 6 nitrogen and oxygen atoms in total. The van der Waals surface area contributed by atoms with Crippen molar-refractivity contribution in [3.63, 3.8) is 0 Å². The third-order valence-electron chi connectivity index (χ3n) is 4.68. The fourth-order valence-electron chi connectivity index (χ4n) is 3.41. The van der Waals surface area contributed by atoms with Gasteiger partial charge in [-0.05, 0) is 71.9 Å². The van der Waals surface area contributed by atoms with Crippen molar-refractivity contribution in [3.8, 4) is 11.5 Å². The van der Waals surface area contributed by atoms with E-state index in [1.165, 1.54) is 5.56 Å². The molecule has 1 aliphatic rings. The van der Waals surface area contributed by atoms with Crippen molar-refractivity contribution in [3.05, 3.63) is 38.7 Å². The van der Waals surface area contributed by atoms with Crippen LogP contribution in [0.25, 0.3) is 0 Å². The Labute approximate surface area is 190 Å². The maximum atomic E-state index is 5.96. The molecule has 1 aromatic carbocycles. The average Bonchev–Trinajstić information content (AvgIpc) is 2.66. The Morgan fingerprint density at radius 1 is 1.07 bits per heavy atom. The molecule has 0 aliphatic carbocycles. The van der Waals surface area contributed by atoms with Gasteiger partial charge in [0.2, 0.25) is 5.28 Å². The first-order valence-corrected chi connectivity index (χ1v) is 11.3. The standard InChI is InChI=1S/C20H25BrCl2N4O2/c1-3-28-15-9-13(10-16(19(15)21)29-4-2)12-27-7-5-14(6-8-27)24-18-11-17(22)25-20(23)26-18/h9-11,14H,3-8,12H2,1-2H3,(H,24,25,26). The van der Waals surface area contributed by atoms with Gasteiger partial charge in [-0.2, -0.15) is 0 Å². The van der Waals surface area contributed by atoms with Crippen molar-refractivity contribution < 1.29 is 9.47 Å². The molecule has 2 heterocycles. The molecule has 0 amide bonds. The van der Waals surface area contributed by atoms with Crippen LogP contribution in [0, 0.1) is 0 Å². The van der Waals surface area contributed by atoms with Crippen LogP contribution in [-0.2, 0) is 6.54 Å². The van der Waals surface area contributed by atoms with Crippen LogP contribution >= 0.6 is 39.1 Å². The minimum absolute atomic E-state index is 0.155. The highest BCUT2D eigenvalue weighted by atomic mass is 79.9. The molecular formula is C20H25BrCl2N4O2. The Kier molecular flexibility index (Phi) is 8.24. The quantitative estimate of drug-likeness (QED) is 0.383. The largest absolute Gasteiger partial charge is 0.493 e. The predicted octanol–water partition coefficient (Wildman–Crippen LogP) is 5.42. The summed E-state index contributed by atoms with van der Waals surface area (Å²) in [6, 6.07) is 6.21. The lowest BCUT2D eigenvalue weighted by atomic mass is 10.0. The lowest BCUT2D eigenvalue weighted by molar-refractivity contribution is 0.210. The van der Waals surface area contributed by atoms with Crippen molar-refractivity contribution in [1.82, 2.24) is 14.9 Å². The second-order valence-corrected chi connectivity index (χ2v) is 8.33. The Hall–Kier alpha value is -1.28. The molecular weight excluding hydrogens is 479 g/mol. The third-order valence-corrected chi connectivity index (χ3v) is 5.82. The number of nitrogens with zero attached hydrogens (tertiary/aromatic N) is 3. The molecule has 0 radical (unpaired) electrons. The summed E-state index contributed by atoms with van der Waals surface area (Å²) >= 11 is 15.4. The van der Waals surface area contributed by atoms with Gasteiger partial charge in [-0.1, -0.05) is 11.6 Å². The molecule has 1 fully saturated rings. The molecule has 1 saturated heterocycles. The highest BCUT2D eigenvalue weighted by Gasteiger charge is 2.21. The van der Waals surface area contributed by atoms with Crippen LogP contribution in [0.4, 0.5) is 5.82 Å². The zero-order valence-corrected chi connectivity index (χ0v) is 19.6. The second-order valence-electron chi connectivity index (χ2n) is 6.81. The van der Waals surface area contributed by atoms with Gasteiger partial charge in [0.25, 0.3) is 0 Å². The van der Waals surface area contributed by atoms with E-state index in [1.807, 2.05) is 13.8 Å². The minimum atomic E-state index is 0.155. The normalized spacial score (nSPS) is 15.3. The van der Waals surface area contributed by atoms with Gasteiger partial charge in [-0.3, -0.25) is 4.90 Å². The van der Waals surface area contributed by atoms with Gasteiger partial charge in [0, 0.05) is 31.7 Å². The zero-order valence-electron chi connectivity index (χ0n) is 16.6. The van der Waals surface area contributed by atoms with Crippen molar-refractivity contribution >= 4 is 44.9 Å². The smallest absolute Gasteiger partial charge is 0.225 e. The number of aromatic nitrogens is 2. The fourth-order valence-corrected chi connectivity index (χ4v) is 4.27. The fraction of sp³-hybridized carbons (Fsp3) is 0.500. The van der Waals surface area contributed by atoms with E-state index in [0.29, 0.717) is 30.2 Å². The van der Waals surface area contributed by atoms with E-state index in [1.54, 1.807) is 6.07 Å². The van der Waals surface area contributed by atoms with E-state index in [4.69, 9.17) is 32.7 Å². The molecule has 0 saturated carbocycles. The summed E-state index contributed by atoms with van der Waals surface area (Å²) in [5.41, 5.74) is 1.18. The molecule has 0 spiro atoms. The van der Waals surface area contributed by atoms with Crippen LogP contribution in [0.5, 0.6) is 11.5 Å².